The molecule has 0 aromatic heterocycles. The Labute approximate surface area is 471 Å². The summed E-state index contributed by atoms with van der Waals surface area (Å²) in [4.78, 5) is 82.5. The van der Waals surface area contributed by atoms with Crippen molar-refractivity contribution in [3.63, 3.8) is 0 Å². The summed E-state index contributed by atoms with van der Waals surface area (Å²) in [6, 6.07) is -0.995. The maximum atomic E-state index is 13.8. The molecule has 1 aromatic carbocycles. The lowest BCUT2D eigenvalue weighted by molar-refractivity contribution is -0.387. The first kappa shape index (κ1) is 67.4. The van der Waals surface area contributed by atoms with Crippen molar-refractivity contribution >= 4 is 52.1 Å². The monoisotopic (exact) mass is 1170 g/mol. The van der Waals surface area contributed by atoms with E-state index in [1.54, 1.807) is 104 Å². The highest BCUT2D eigenvalue weighted by Crippen LogP contribution is 2.35. The largest absolute Gasteiger partial charge is 0.466 e. The molecule has 1 aromatic rings. The first-order valence-corrected chi connectivity index (χ1v) is 27.4. The smallest absolute Gasteiger partial charge is 0.437 e. The predicted molar refractivity (Wildman–Crippen MR) is 287 cm³/mol. The maximum absolute atomic E-state index is 13.8. The molecule has 8 N–H and O–H groups in total. The number of para-hydroxylation sites is 1. The number of hydrogen-bond acceptors (Lipinski definition) is 21. The predicted octanol–water partition coefficient (Wildman–Crippen LogP) is 4.30. The lowest BCUT2D eigenvalue weighted by Crippen LogP contribution is -2.70. The minimum absolute atomic E-state index is 0.170. The average molecular weight is 1180 g/mol. The van der Waals surface area contributed by atoms with Crippen molar-refractivity contribution in [1.82, 2.24) is 30.9 Å². The van der Waals surface area contributed by atoms with Crippen LogP contribution in [0.2, 0.25) is 0 Å². The van der Waals surface area contributed by atoms with E-state index >= 15 is 0 Å². The van der Waals surface area contributed by atoms with E-state index in [1.165, 1.54) is 32.2 Å². The van der Waals surface area contributed by atoms with E-state index in [0.29, 0.717) is 0 Å². The molecular weight excluding hydrogens is 1090 g/mol. The molecule has 1 saturated heterocycles. The minimum atomic E-state index is -4.64. The molecule has 0 radical (unpaired) electrons. The maximum Gasteiger partial charge on any atom is 0.437 e. The second kappa shape index (κ2) is 26.0. The van der Waals surface area contributed by atoms with Gasteiger partial charge in [-0.05, 0) is 136 Å². The molecule has 4 rings (SSSR count). The quantitative estimate of drug-likeness (QED) is 0.0448. The van der Waals surface area contributed by atoms with Crippen LogP contribution in [0.3, 0.4) is 0 Å². The van der Waals surface area contributed by atoms with Gasteiger partial charge >= 0.3 is 30.5 Å². The Morgan fingerprint density at radius 3 is 1.74 bits per heavy atom. The van der Waals surface area contributed by atoms with Gasteiger partial charge in [-0.1, -0.05) is 12.1 Å². The number of hydrogen-bond donors (Lipinski definition) is 8. The molecule has 0 unspecified atom stereocenters. The van der Waals surface area contributed by atoms with Gasteiger partial charge in [0.2, 0.25) is 22.3 Å². The van der Waals surface area contributed by atoms with Crippen molar-refractivity contribution in [3.8, 4) is 0 Å². The molecule has 30 heteroatoms. The number of ether oxygens (including phenoxy) is 9. The number of rotatable bonds is 13. The van der Waals surface area contributed by atoms with Crippen molar-refractivity contribution in [3.05, 3.63) is 46.2 Å². The number of sulfonamides is 1. The van der Waals surface area contributed by atoms with Crippen LogP contribution in [0.25, 0.3) is 0 Å². The van der Waals surface area contributed by atoms with Gasteiger partial charge in [0.25, 0.3) is 5.69 Å². The third-order valence-corrected chi connectivity index (χ3v) is 12.8. The Morgan fingerprint density at radius 2 is 1.23 bits per heavy atom. The number of nitro benzene ring substituents is 1. The average Bonchev–Trinajstić information content (AvgIpc) is 3.26. The van der Waals surface area contributed by atoms with E-state index in [0.717, 1.165) is 17.0 Å². The summed E-state index contributed by atoms with van der Waals surface area (Å²) in [6.07, 6.45) is -15.6. The van der Waals surface area contributed by atoms with Gasteiger partial charge in [-0.2, -0.15) is 0 Å². The Balaban J connectivity index is 1.89. The highest BCUT2D eigenvalue weighted by atomic mass is 32.2. The Hall–Kier alpha value is -6.15. The zero-order chi connectivity index (χ0) is 61.6. The standard InChI is InChI=1S/C51H82N8O21S/c1-46(2,3)76-41(62)54-29-24-30(55-42(63)77-47(4,5)6)36(75-39-34(61)37(51(16,67)26-72-39)58(17)45(66)80-50(13,14)15)33(60)35(29)74-38-28(53-40(56-43(64)78-48(7,8)9)57-44(65)79-49(10,11)12)23-22-27(73-38)25-52-81(70,71)32-21-19-18-20-31(32)59(68)69/h18-22,28-30,33-39,52,60-61,67H,23-26H2,1-17H3,(H,54,62)(H,55,63)(H2,53,56,57,64,65)/t28-,29+,30-,33+,34-,35-,36+,37-,38-,39-,51+/m1/s1. The molecule has 458 valence electrons. The number of nitrogens with zero attached hydrogens (tertiary/aromatic N) is 3. The van der Waals surface area contributed by atoms with E-state index in [1.807, 2.05) is 0 Å². The van der Waals surface area contributed by atoms with Gasteiger partial charge in [-0.3, -0.25) is 15.4 Å². The number of alkyl carbamates (subject to hydrolysis) is 3. The molecule has 11 atom stereocenters. The fourth-order valence-corrected chi connectivity index (χ4v) is 9.53. The van der Waals surface area contributed by atoms with Crippen LogP contribution >= 0.6 is 0 Å². The number of guanidine groups is 1. The first-order chi connectivity index (χ1) is 36.8. The number of aliphatic imine (C=N–C) groups is 1. The SMILES string of the molecule is CN(C(=O)OC(C)(C)C)[C@@H]1[C@@H](O)[C@@H](O[C@@H]2[C@@H](O)[C@H](O[C@H]3OC(CNS(=O)(=O)c4ccccc4[N+](=O)[O-])=CC[C@H]3N/C(=N/C(=O)OC(C)(C)C)NC(=O)OC(C)(C)C)[C@@H](NC(=O)OC(C)(C)C)C[C@H]2NC(=O)OC(C)(C)C)OC[C@]1(C)O. The summed E-state index contributed by atoms with van der Waals surface area (Å²) in [7, 11) is -3.36. The Morgan fingerprint density at radius 1 is 0.741 bits per heavy atom. The van der Waals surface area contributed by atoms with Crippen LogP contribution in [0.15, 0.2) is 46.0 Å². The van der Waals surface area contributed by atoms with Crippen molar-refractivity contribution in [1.29, 1.82) is 0 Å². The number of nitrogens with one attached hydrogen (secondary N) is 5. The van der Waals surface area contributed by atoms with Gasteiger partial charge in [-0.25, -0.2) is 37.1 Å². The molecule has 3 aliphatic rings. The molecule has 81 heavy (non-hydrogen) atoms. The zero-order valence-electron chi connectivity index (χ0n) is 48.9. The van der Waals surface area contributed by atoms with Crippen LogP contribution in [0.1, 0.15) is 124 Å². The molecule has 1 saturated carbocycles. The molecule has 2 fully saturated rings. The van der Waals surface area contributed by atoms with Crippen molar-refractivity contribution in [2.45, 2.75) is 223 Å². The molecule has 0 bridgehead atoms. The summed E-state index contributed by atoms with van der Waals surface area (Å²) in [5.41, 5.74) is -7.95. The number of amides is 5. The number of carbonyl (C=O) groups is 5. The first-order valence-electron chi connectivity index (χ1n) is 26.0. The topological polar surface area (TPSA) is 382 Å². The molecule has 2 heterocycles. The van der Waals surface area contributed by atoms with Crippen LogP contribution in [0, 0.1) is 10.1 Å². The summed E-state index contributed by atoms with van der Waals surface area (Å²) in [5.74, 6) is -0.744. The fourth-order valence-electron chi connectivity index (χ4n) is 8.37. The van der Waals surface area contributed by atoms with Crippen molar-refractivity contribution < 1.29 is 95.3 Å². The lowest BCUT2D eigenvalue weighted by Gasteiger charge is -2.50. The van der Waals surface area contributed by atoms with E-state index in [2.05, 4.69) is 31.0 Å². The number of carbonyl (C=O) groups excluding carboxylic acids is 5. The summed E-state index contributed by atoms with van der Waals surface area (Å²) < 4.78 is 82.3. The second-order valence-corrected chi connectivity index (χ2v) is 26.5. The number of aliphatic hydroxyl groups is 3. The van der Waals surface area contributed by atoms with Crippen molar-refractivity contribution in [2.75, 3.05) is 20.2 Å². The third kappa shape index (κ3) is 21.0. The molecule has 5 amide bonds. The van der Waals surface area contributed by atoms with E-state index < -0.39 is 176 Å². The van der Waals surface area contributed by atoms with Crippen LogP contribution < -0.4 is 26.0 Å². The van der Waals surface area contributed by atoms with Crippen LogP contribution in [0.5, 0.6) is 0 Å². The summed E-state index contributed by atoms with van der Waals surface area (Å²) >= 11 is 0. The zero-order valence-corrected chi connectivity index (χ0v) is 49.7. The van der Waals surface area contributed by atoms with E-state index in [-0.39, 0.29) is 12.2 Å². The number of benzene rings is 1. The number of likely N-dealkylation sites (N-methyl/N-ethyl adjacent to an activating group) is 1. The third-order valence-electron chi connectivity index (χ3n) is 11.4. The summed E-state index contributed by atoms with van der Waals surface area (Å²) in [6.45, 7) is 23.9. The Bertz CT molecular complexity index is 2600. The fraction of sp³-hybridized carbons (Fsp3) is 0.725. The lowest BCUT2D eigenvalue weighted by atomic mass is 9.83. The van der Waals surface area contributed by atoms with Crippen LogP contribution in [-0.4, -0.2) is 185 Å². The van der Waals surface area contributed by atoms with Gasteiger partial charge in [0.1, 0.15) is 63.8 Å². The number of aliphatic hydroxyl groups excluding tert-OH is 2. The van der Waals surface area contributed by atoms with Gasteiger partial charge < -0.3 is 78.8 Å². The highest BCUT2D eigenvalue weighted by Gasteiger charge is 2.55. The molecule has 29 nitrogen and oxygen atoms in total. The van der Waals surface area contributed by atoms with E-state index in [9.17, 15) is 57.8 Å². The van der Waals surface area contributed by atoms with Gasteiger partial charge in [0.15, 0.2) is 11.2 Å². The minimum Gasteiger partial charge on any atom is -0.466 e. The molecular formula is C51H82N8O21S. The Kier molecular flexibility index (Phi) is 21.6. The van der Waals surface area contributed by atoms with E-state index in [4.69, 9.17) is 42.6 Å². The van der Waals surface area contributed by atoms with Gasteiger partial charge in [0.05, 0.1) is 42.2 Å². The molecule has 1 aliphatic carbocycles. The summed E-state index contributed by atoms with van der Waals surface area (Å²) in [5, 5.41) is 58.7. The van der Waals surface area contributed by atoms with Gasteiger partial charge in [-0.15, -0.1) is 4.99 Å². The normalized spacial score (nSPS) is 26.8. The second-order valence-electron chi connectivity index (χ2n) is 24.8. The molecule has 0 spiro atoms. The van der Waals surface area contributed by atoms with Crippen molar-refractivity contribution in [2.24, 2.45) is 4.99 Å². The highest BCUT2D eigenvalue weighted by molar-refractivity contribution is 7.89. The molecule has 2 aliphatic heterocycles. The van der Waals surface area contributed by atoms with Crippen LogP contribution in [-0.2, 0) is 52.7 Å². The van der Waals surface area contributed by atoms with Crippen LogP contribution in [0.4, 0.5) is 29.7 Å². The van der Waals surface area contributed by atoms with Gasteiger partial charge in [0, 0.05) is 13.1 Å². The number of nitro groups is 1.